The van der Waals surface area contributed by atoms with Gasteiger partial charge in [-0.2, -0.15) is 0 Å². The summed E-state index contributed by atoms with van der Waals surface area (Å²) in [6, 6.07) is 10.2. The van der Waals surface area contributed by atoms with Crippen LogP contribution in [-0.2, 0) is 9.59 Å². The molecule has 1 N–H and O–H groups in total. The van der Waals surface area contributed by atoms with E-state index >= 15 is 0 Å². The molecule has 2 aromatic rings. The van der Waals surface area contributed by atoms with Gasteiger partial charge in [0.1, 0.15) is 0 Å². The third-order valence-corrected chi connectivity index (χ3v) is 9.01. The lowest BCUT2D eigenvalue weighted by Gasteiger charge is -2.37. The van der Waals surface area contributed by atoms with Gasteiger partial charge in [0.2, 0.25) is 11.8 Å². The van der Waals surface area contributed by atoms with Crippen LogP contribution in [0.25, 0.3) is 0 Å². The zero-order chi connectivity index (χ0) is 22.3. The second kappa shape index (κ2) is 7.03. The van der Waals surface area contributed by atoms with Crippen molar-refractivity contribution in [3.63, 3.8) is 0 Å². The molecule has 1 heterocycles. The molecule has 0 radical (unpaired) electrons. The van der Waals surface area contributed by atoms with Gasteiger partial charge in [-0.25, -0.2) is 0 Å². The van der Waals surface area contributed by atoms with Gasteiger partial charge in [-0.3, -0.25) is 19.3 Å². The summed E-state index contributed by atoms with van der Waals surface area (Å²) in [4.78, 5) is 40.6. The third kappa shape index (κ3) is 2.78. The first-order valence-corrected chi connectivity index (χ1v) is 12.0. The minimum absolute atomic E-state index is 0.0953. The van der Waals surface area contributed by atoms with Gasteiger partial charge in [-0.05, 0) is 94.9 Å². The number of carbonyl (C=O) groups is 3. The maximum absolute atomic E-state index is 13.2. The molecule has 0 spiro atoms. The van der Waals surface area contributed by atoms with Crippen LogP contribution in [0.5, 0.6) is 0 Å². The molecule has 162 valence electrons. The number of hydrogen-bond donors (Lipinski definition) is 1. The van der Waals surface area contributed by atoms with Crippen molar-refractivity contribution >= 4 is 56.6 Å². The Balaban J connectivity index is 1.23. The Labute approximate surface area is 198 Å². The molecule has 5 nitrogen and oxygen atoms in total. The van der Waals surface area contributed by atoms with E-state index in [-0.39, 0.29) is 41.4 Å². The van der Waals surface area contributed by atoms with Crippen molar-refractivity contribution in [2.45, 2.75) is 13.3 Å². The maximum Gasteiger partial charge on any atom is 0.255 e. The number of nitrogens with zero attached hydrogens (tertiary/aromatic N) is 1. The van der Waals surface area contributed by atoms with Gasteiger partial charge >= 0.3 is 0 Å². The number of halogens is 2. The zero-order valence-corrected chi connectivity index (χ0v) is 19.6. The van der Waals surface area contributed by atoms with Crippen LogP contribution in [0.3, 0.4) is 0 Å². The van der Waals surface area contributed by atoms with Crippen LogP contribution in [0.15, 0.2) is 53.0 Å². The molecule has 3 amide bonds. The Morgan fingerprint density at radius 3 is 2.19 bits per heavy atom. The SMILES string of the molecule is Cc1c(NC(=O)c2ccc(N3C(=O)[C@@H]4[C@H]5C=C[C@@H]([C@@H]6C[C@@H]56)[C@@H]4C3=O)cc2)ccc(Br)c1Cl. The molecule has 32 heavy (non-hydrogen) atoms. The van der Waals surface area contributed by atoms with E-state index in [1.165, 1.54) is 4.90 Å². The molecule has 7 rings (SSSR count). The van der Waals surface area contributed by atoms with Crippen molar-refractivity contribution in [2.24, 2.45) is 35.5 Å². The van der Waals surface area contributed by atoms with Gasteiger partial charge in [0.25, 0.3) is 5.91 Å². The monoisotopic (exact) mass is 510 g/mol. The lowest BCUT2D eigenvalue weighted by Crippen LogP contribution is -2.40. The summed E-state index contributed by atoms with van der Waals surface area (Å²) in [5.41, 5.74) is 2.36. The molecule has 5 aliphatic rings. The fourth-order valence-electron chi connectivity index (χ4n) is 5.96. The van der Waals surface area contributed by atoms with Crippen molar-refractivity contribution in [1.29, 1.82) is 0 Å². The first kappa shape index (κ1) is 20.2. The summed E-state index contributed by atoms with van der Waals surface area (Å²) in [5, 5.41) is 3.42. The molecule has 1 saturated heterocycles. The highest BCUT2D eigenvalue weighted by molar-refractivity contribution is 9.10. The van der Waals surface area contributed by atoms with E-state index in [1.807, 2.05) is 6.92 Å². The number of anilines is 2. The van der Waals surface area contributed by atoms with Gasteiger partial charge in [0, 0.05) is 15.7 Å². The summed E-state index contributed by atoms with van der Waals surface area (Å²) in [5.74, 6) is 0.611. The number of allylic oxidation sites excluding steroid dienone is 2. The van der Waals surface area contributed by atoms with E-state index in [2.05, 4.69) is 33.4 Å². The zero-order valence-electron chi connectivity index (χ0n) is 17.2. The second-order valence-electron chi connectivity index (χ2n) is 9.20. The van der Waals surface area contributed by atoms with Crippen molar-refractivity contribution in [3.8, 4) is 0 Å². The molecule has 0 aromatic heterocycles. The topological polar surface area (TPSA) is 66.5 Å². The molecular weight excluding hydrogens is 492 g/mol. The Morgan fingerprint density at radius 2 is 1.59 bits per heavy atom. The summed E-state index contributed by atoms with van der Waals surface area (Å²) in [6.07, 6.45) is 5.47. The summed E-state index contributed by atoms with van der Waals surface area (Å²) in [7, 11) is 0. The van der Waals surface area contributed by atoms with Crippen LogP contribution in [0.2, 0.25) is 5.02 Å². The Morgan fingerprint density at radius 1 is 1.00 bits per heavy atom. The van der Waals surface area contributed by atoms with Crippen molar-refractivity contribution in [2.75, 3.05) is 10.2 Å². The molecule has 7 heteroatoms. The number of rotatable bonds is 3. The van der Waals surface area contributed by atoms with Gasteiger partial charge in [-0.1, -0.05) is 23.8 Å². The van der Waals surface area contributed by atoms with Crippen LogP contribution in [0, 0.1) is 42.4 Å². The number of benzene rings is 2. The molecule has 1 aliphatic heterocycles. The molecule has 2 saturated carbocycles. The standard InChI is InChI=1S/C25H20BrClN2O3/c1-11-19(9-8-18(26)22(11)27)28-23(30)12-2-4-13(5-3-12)29-24(31)20-14-6-7-15(17-10-16(14)17)21(20)25(29)32/h2-9,14-17,20-21H,10H2,1H3,(H,28,30)/t14-,15-,16-,17-,20-,21+/m0/s1. The predicted octanol–water partition coefficient (Wildman–Crippen LogP) is 5.22. The van der Waals surface area contributed by atoms with Crippen LogP contribution in [-0.4, -0.2) is 17.7 Å². The molecule has 3 fully saturated rings. The highest BCUT2D eigenvalue weighted by atomic mass is 79.9. The Bertz CT molecular complexity index is 1190. The van der Waals surface area contributed by atoms with E-state index in [1.54, 1.807) is 36.4 Å². The first-order chi connectivity index (χ1) is 15.4. The normalized spacial score (nSPS) is 31.5. The van der Waals surface area contributed by atoms with Gasteiger partial charge in [0.15, 0.2) is 0 Å². The van der Waals surface area contributed by atoms with Crippen LogP contribution >= 0.6 is 27.5 Å². The smallest absolute Gasteiger partial charge is 0.255 e. The lowest BCUT2D eigenvalue weighted by molar-refractivity contribution is -0.124. The maximum atomic E-state index is 13.2. The summed E-state index contributed by atoms with van der Waals surface area (Å²) in [6.45, 7) is 1.84. The van der Waals surface area contributed by atoms with Crippen LogP contribution in [0.1, 0.15) is 22.3 Å². The first-order valence-electron chi connectivity index (χ1n) is 10.8. The number of carbonyl (C=O) groups excluding carboxylic acids is 3. The highest BCUT2D eigenvalue weighted by Gasteiger charge is 2.67. The van der Waals surface area contributed by atoms with Gasteiger partial charge < -0.3 is 5.32 Å². The Kier molecular flexibility index (Phi) is 4.43. The van der Waals surface area contributed by atoms with E-state index < -0.39 is 0 Å². The predicted molar refractivity (Wildman–Crippen MR) is 125 cm³/mol. The summed E-state index contributed by atoms with van der Waals surface area (Å²) >= 11 is 9.62. The molecule has 4 aliphatic carbocycles. The number of hydrogen-bond acceptors (Lipinski definition) is 3. The largest absolute Gasteiger partial charge is 0.322 e. The van der Waals surface area contributed by atoms with Crippen LogP contribution in [0.4, 0.5) is 11.4 Å². The molecule has 6 atom stereocenters. The van der Waals surface area contributed by atoms with Gasteiger partial charge in [-0.15, -0.1) is 0 Å². The number of amides is 3. The van der Waals surface area contributed by atoms with Crippen LogP contribution < -0.4 is 10.2 Å². The summed E-state index contributed by atoms with van der Waals surface area (Å²) < 4.78 is 0.764. The minimum Gasteiger partial charge on any atom is -0.322 e. The van der Waals surface area contributed by atoms with Gasteiger partial charge in [0.05, 0.1) is 22.5 Å². The third-order valence-electron chi connectivity index (χ3n) is 7.64. The number of imide groups is 1. The molecular formula is C25H20BrClN2O3. The average Bonchev–Trinajstić information content (AvgIpc) is 3.58. The lowest BCUT2D eigenvalue weighted by atomic mass is 9.63. The quantitative estimate of drug-likeness (QED) is 0.454. The minimum atomic E-state index is -0.284. The fraction of sp³-hybridized carbons (Fsp3) is 0.320. The molecule has 2 aromatic carbocycles. The van der Waals surface area contributed by atoms with E-state index in [4.69, 9.17) is 11.6 Å². The van der Waals surface area contributed by atoms with Crippen molar-refractivity contribution < 1.29 is 14.4 Å². The highest BCUT2D eigenvalue weighted by Crippen LogP contribution is 2.65. The van der Waals surface area contributed by atoms with E-state index in [0.717, 1.165) is 16.5 Å². The van der Waals surface area contributed by atoms with Crippen molar-refractivity contribution in [3.05, 3.63) is 69.2 Å². The molecule has 0 unspecified atom stereocenters. The Hall–Kier alpha value is -2.44. The average molecular weight is 512 g/mol. The molecule has 2 bridgehead atoms. The number of nitrogens with one attached hydrogen (secondary N) is 1. The van der Waals surface area contributed by atoms with Crippen molar-refractivity contribution in [1.82, 2.24) is 0 Å². The second-order valence-corrected chi connectivity index (χ2v) is 10.4. The fourth-order valence-corrected chi connectivity index (χ4v) is 6.55. The van der Waals surface area contributed by atoms with E-state index in [9.17, 15) is 14.4 Å². The van der Waals surface area contributed by atoms with E-state index in [0.29, 0.717) is 33.8 Å².